The van der Waals surface area contributed by atoms with Crippen LogP contribution in [0.1, 0.15) is 27.3 Å². The van der Waals surface area contributed by atoms with Crippen LogP contribution in [0.2, 0.25) is 0 Å². The molecule has 1 aliphatic rings. The van der Waals surface area contributed by atoms with Crippen molar-refractivity contribution in [2.75, 3.05) is 18.9 Å². The Kier molecular flexibility index (Phi) is 5.33. The van der Waals surface area contributed by atoms with Gasteiger partial charge in [0.05, 0.1) is 18.2 Å². The van der Waals surface area contributed by atoms with Crippen LogP contribution in [-0.2, 0) is 4.74 Å². The van der Waals surface area contributed by atoms with E-state index in [1.807, 2.05) is 0 Å². The molecule has 2 heterocycles. The number of nitrogens with two attached hydrogens (primary N) is 1. The van der Waals surface area contributed by atoms with E-state index in [0.29, 0.717) is 25.4 Å². The summed E-state index contributed by atoms with van der Waals surface area (Å²) in [5.41, 5.74) is 6.03. The summed E-state index contributed by atoms with van der Waals surface area (Å²) >= 11 is 0. The Morgan fingerprint density at radius 2 is 2.00 bits per heavy atom. The Morgan fingerprint density at radius 1 is 1.23 bits per heavy atom. The minimum Gasteiger partial charge on any atom is -0.486 e. The monoisotopic (exact) mass is 357 g/mol. The largest absolute Gasteiger partial charge is 0.486 e. The van der Waals surface area contributed by atoms with Gasteiger partial charge in [-0.05, 0) is 42.8 Å². The quantitative estimate of drug-likeness (QED) is 0.737. The number of amides is 1. The molecule has 1 saturated heterocycles. The zero-order valence-corrected chi connectivity index (χ0v) is 13.9. The Hall–Kier alpha value is -3.13. The van der Waals surface area contributed by atoms with Gasteiger partial charge in [0.25, 0.3) is 5.91 Å². The van der Waals surface area contributed by atoms with Crippen molar-refractivity contribution in [3.8, 4) is 5.75 Å². The van der Waals surface area contributed by atoms with Crippen molar-refractivity contribution in [3.05, 3.63) is 53.7 Å². The predicted octanol–water partition coefficient (Wildman–Crippen LogP) is 1.33. The first-order valence-corrected chi connectivity index (χ1v) is 8.14. The summed E-state index contributed by atoms with van der Waals surface area (Å²) in [5.74, 6) is -0.556. The molecule has 2 aromatic rings. The van der Waals surface area contributed by atoms with Gasteiger partial charge < -0.3 is 25.6 Å². The van der Waals surface area contributed by atoms with Crippen LogP contribution < -0.4 is 15.8 Å². The molecule has 8 nitrogen and oxygen atoms in total. The van der Waals surface area contributed by atoms with E-state index >= 15 is 0 Å². The summed E-state index contributed by atoms with van der Waals surface area (Å²) < 4.78 is 11.3. The number of hydrogen-bond donors (Lipinski definition) is 3. The van der Waals surface area contributed by atoms with E-state index in [9.17, 15) is 9.59 Å². The summed E-state index contributed by atoms with van der Waals surface area (Å²) in [6.07, 6.45) is 0.191. The van der Waals surface area contributed by atoms with E-state index in [1.54, 1.807) is 30.3 Å². The van der Waals surface area contributed by atoms with Crippen LogP contribution in [0.25, 0.3) is 0 Å². The number of nitrogens with one attached hydrogen (secondary N) is 1. The summed E-state index contributed by atoms with van der Waals surface area (Å²) in [6.45, 7) is 0.823. The van der Waals surface area contributed by atoms with Gasteiger partial charge in [0.2, 0.25) is 0 Å². The lowest BCUT2D eigenvalue weighted by atomic mass is 10.1. The standard InChI is InChI=1S/C18H19N3O5/c19-16-3-1-2-14(20-16)17(22)21-13-8-9-25-10-15(13)26-12-6-4-11(5-7-12)18(23)24/h1-7,13,15H,8-10H2,(H2,19,20)(H,21,22)(H,23,24)/t13-,15-/m1/s1. The number of anilines is 1. The van der Waals surface area contributed by atoms with E-state index in [1.165, 1.54) is 12.1 Å². The molecule has 1 amide bonds. The van der Waals surface area contributed by atoms with E-state index in [4.69, 9.17) is 20.3 Å². The maximum Gasteiger partial charge on any atom is 0.335 e. The molecule has 1 fully saturated rings. The van der Waals surface area contributed by atoms with Gasteiger partial charge in [-0.15, -0.1) is 0 Å². The number of rotatable bonds is 5. The van der Waals surface area contributed by atoms with Crippen molar-refractivity contribution < 1.29 is 24.2 Å². The molecule has 136 valence electrons. The van der Waals surface area contributed by atoms with Crippen molar-refractivity contribution in [1.82, 2.24) is 10.3 Å². The number of ether oxygens (including phenoxy) is 2. The van der Waals surface area contributed by atoms with Gasteiger partial charge in [-0.3, -0.25) is 4.79 Å². The minimum absolute atomic E-state index is 0.176. The molecule has 0 bridgehead atoms. The second kappa shape index (κ2) is 7.83. The molecule has 4 N–H and O–H groups in total. The lowest BCUT2D eigenvalue weighted by molar-refractivity contribution is -0.0135. The minimum atomic E-state index is -1.00. The van der Waals surface area contributed by atoms with Crippen LogP contribution in [0, 0.1) is 0 Å². The molecular formula is C18H19N3O5. The van der Waals surface area contributed by atoms with Crippen LogP contribution >= 0.6 is 0 Å². The molecular weight excluding hydrogens is 338 g/mol. The number of carbonyl (C=O) groups is 2. The maximum absolute atomic E-state index is 12.4. The van der Waals surface area contributed by atoms with Crippen LogP contribution in [0.15, 0.2) is 42.5 Å². The van der Waals surface area contributed by atoms with E-state index in [2.05, 4.69) is 10.3 Å². The van der Waals surface area contributed by atoms with Crippen molar-refractivity contribution in [1.29, 1.82) is 0 Å². The second-order valence-corrected chi connectivity index (χ2v) is 5.88. The Morgan fingerprint density at radius 3 is 2.69 bits per heavy atom. The smallest absolute Gasteiger partial charge is 0.335 e. The van der Waals surface area contributed by atoms with Crippen LogP contribution in [0.5, 0.6) is 5.75 Å². The summed E-state index contributed by atoms with van der Waals surface area (Å²) in [5, 5.41) is 11.8. The molecule has 0 aliphatic carbocycles. The zero-order chi connectivity index (χ0) is 18.5. The molecule has 0 radical (unpaired) electrons. The highest BCUT2D eigenvalue weighted by molar-refractivity contribution is 5.92. The van der Waals surface area contributed by atoms with Crippen molar-refractivity contribution in [2.24, 2.45) is 0 Å². The number of hydrogen-bond acceptors (Lipinski definition) is 6. The number of nitrogen functional groups attached to an aromatic ring is 1. The average Bonchev–Trinajstić information content (AvgIpc) is 2.64. The molecule has 0 saturated carbocycles. The van der Waals surface area contributed by atoms with Gasteiger partial charge in [-0.25, -0.2) is 9.78 Å². The first-order valence-electron chi connectivity index (χ1n) is 8.14. The van der Waals surface area contributed by atoms with Crippen molar-refractivity contribution in [2.45, 2.75) is 18.6 Å². The van der Waals surface area contributed by atoms with Crippen molar-refractivity contribution in [3.63, 3.8) is 0 Å². The first kappa shape index (κ1) is 17.7. The predicted molar refractivity (Wildman–Crippen MR) is 93.2 cm³/mol. The van der Waals surface area contributed by atoms with E-state index in [-0.39, 0.29) is 29.0 Å². The molecule has 0 spiro atoms. The zero-order valence-electron chi connectivity index (χ0n) is 13.9. The number of carboxylic acid groups (broad SMARTS) is 1. The Balaban J connectivity index is 1.67. The van der Waals surface area contributed by atoms with Gasteiger partial charge in [0, 0.05) is 6.61 Å². The fraction of sp³-hybridized carbons (Fsp3) is 0.278. The Labute approximate surface area is 149 Å². The molecule has 3 rings (SSSR count). The van der Waals surface area contributed by atoms with Gasteiger partial charge in [-0.1, -0.05) is 6.07 Å². The highest BCUT2D eigenvalue weighted by Crippen LogP contribution is 2.19. The molecule has 26 heavy (non-hydrogen) atoms. The fourth-order valence-corrected chi connectivity index (χ4v) is 2.66. The molecule has 1 aromatic heterocycles. The maximum atomic E-state index is 12.4. The number of carbonyl (C=O) groups excluding carboxylic acids is 1. The van der Waals surface area contributed by atoms with Crippen LogP contribution in [0.4, 0.5) is 5.82 Å². The van der Waals surface area contributed by atoms with Crippen LogP contribution in [0.3, 0.4) is 0 Å². The topological polar surface area (TPSA) is 124 Å². The molecule has 1 aromatic carbocycles. The van der Waals surface area contributed by atoms with Gasteiger partial charge in [-0.2, -0.15) is 0 Å². The second-order valence-electron chi connectivity index (χ2n) is 5.88. The first-order chi connectivity index (χ1) is 12.5. The molecule has 1 aliphatic heterocycles. The normalized spacial score (nSPS) is 19.5. The summed E-state index contributed by atoms with van der Waals surface area (Å²) in [7, 11) is 0. The molecule has 2 atom stereocenters. The van der Waals surface area contributed by atoms with E-state index in [0.717, 1.165) is 0 Å². The number of carboxylic acids is 1. The molecule has 8 heteroatoms. The third-order valence-corrected chi connectivity index (χ3v) is 4.01. The van der Waals surface area contributed by atoms with Gasteiger partial charge >= 0.3 is 5.97 Å². The van der Waals surface area contributed by atoms with Gasteiger partial charge in [0.1, 0.15) is 23.4 Å². The molecule has 0 unspecified atom stereocenters. The number of nitrogens with zero attached hydrogens (tertiary/aromatic N) is 1. The number of aromatic carboxylic acids is 1. The summed E-state index contributed by atoms with van der Waals surface area (Å²) in [4.78, 5) is 27.3. The van der Waals surface area contributed by atoms with Crippen LogP contribution in [-0.4, -0.2) is 47.3 Å². The fourth-order valence-electron chi connectivity index (χ4n) is 2.66. The third-order valence-electron chi connectivity index (χ3n) is 4.01. The number of pyridine rings is 1. The SMILES string of the molecule is Nc1cccc(C(=O)N[C@@H]2CCOC[C@H]2Oc2ccc(C(=O)O)cc2)n1. The summed E-state index contributed by atoms with van der Waals surface area (Å²) in [6, 6.07) is 10.7. The third kappa shape index (κ3) is 4.28. The highest BCUT2D eigenvalue weighted by Gasteiger charge is 2.29. The number of benzene rings is 1. The number of aromatic nitrogens is 1. The average molecular weight is 357 g/mol. The Bertz CT molecular complexity index is 794. The highest BCUT2D eigenvalue weighted by atomic mass is 16.5. The van der Waals surface area contributed by atoms with Gasteiger partial charge in [0.15, 0.2) is 0 Å². The lowest BCUT2D eigenvalue weighted by Gasteiger charge is -2.32. The van der Waals surface area contributed by atoms with E-state index < -0.39 is 12.1 Å². The van der Waals surface area contributed by atoms with Crippen molar-refractivity contribution >= 4 is 17.7 Å². The lowest BCUT2D eigenvalue weighted by Crippen LogP contribution is -2.51.